The van der Waals surface area contributed by atoms with Crippen molar-refractivity contribution in [1.82, 2.24) is 20.2 Å². The van der Waals surface area contributed by atoms with Crippen molar-refractivity contribution in [1.29, 1.82) is 0 Å². The second-order valence-corrected chi connectivity index (χ2v) is 6.71. The van der Waals surface area contributed by atoms with Gasteiger partial charge in [-0.1, -0.05) is 23.7 Å². The van der Waals surface area contributed by atoms with Crippen molar-refractivity contribution in [3.05, 3.63) is 53.1 Å². The Morgan fingerprint density at radius 2 is 1.70 bits per heavy atom. The maximum absolute atomic E-state index is 12.6. The monoisotopic (exact) mass is 395 g/mol. The quantitative estimate of drug-likeness (QED) is 0.690. The maximum Gasteiger partial charge on any atom is 0.470 e. The molecule has 0 aliphatic heterocycles. The van der Waals surface area contributed by atoms with Crippen LogP contribution in [0.5, 0.6) is 0 Å². The Morgan fingerprint density at radius 3 is 2.22 bits per heavy atom. The number of hydrogen-bond donors (Lipinski definition) is 1. The maximum atomic E-state index is 12.6. The lowest BCUT2D eigenvalue weighted by Crippen LogP contribution is -2.42. The first kappa shape index (κ1) is 17.7. The molecular weight excluding hydrogens is 383 g/mol. The van der Waals surface area contributed by atoms with E-state index in [0.717, 1.165) is 24.8 Å². The van der Waals surface area contributed by atoms with Gasteiger partial charge in [0.2, 0.25) is 5.95 Å². The number of aromatic nitrogens is 4. The molecule has 0 spiro atoms. The molecule has 0 amide bonds. The fraction of sp³-hybridized carbons (Fsp3) is 0.294. The van der Waals surface area contributed by atoms with E-state index >= 15 is 0 Å². The molecule has 0 bridgehead atoms. The molecule has 1 aliphatic rings. The lowest BCUT2D eigenvalue weighted by molar-refractivity contribution is -0.156. The topological polar surface area (TPSA) is 76.7 Å². The molecule has 2 heterocycles. The van der Waals surface area contributed by atoms with Gasteiger partial charge in [0.05, 0.1) is 11.1 Å². The summed E-state index contributed by atoms with van der Waals surface area (Å²) in [5, 5.41) is 10.4. The van der Waals surface area contributed by atoms with Crippen molar-refractivity contribution in [2.75, 3.05) is 5.32 Å². The van der Waals surface area contributed by atoms with E-state index in [9.17, 15) is 13.2 Å². The first-order valence-electron chi connectivity index (χ1n) is 8.13. The van der Waals surface area contributed by atoms with Crippen LogP contribution in [-0.4, -0.2) is 20.2 Å². The Labute approximate surface area is 156 Å². The third-order valence-electron chi connectivity index (χ3n) is 4.52. The first-order chi connectivity index (χ1) is 12.9. The number of alkyl halides is 3. The van der Waals surface area contributed by atoms with E-state index in [0.29, 0.717) is 11.0 Å². The molecule has 4 rings (SSSR count). The molecule has 0 radical (unpaired) electrons. The number of halogens is 4. The minimum absolute atomic E-state index is 0.206. The SMILES string of the molecule is FC(F)(F)c1nnc(-c2cnc(NC3(c4ccc(Cl)cc4)CCC3)nc2)o1. The number of hydrogen-bond acceptors (Lipinski definition) is 6. The largest absolute Gasteiger partial charge is 0.470 e. The fourth-order valence-electron chi connectivity index (χ4n) is 2.96. The third-order valence-corrected chi connectivity index (χ3v) is 4.77. The molecule has 1 aliphatic carbocycles. The third kappa shape index (κ3) is 3.46. The van der Waals surface area contributed by atoms with E-state index in [-0.39, 0.29) is 17.0 Å². The first-order valence-corrected chi connectivity index (χ1v) is 8.51. The molecule has 6 nitrogen and oxygen atoms in total. The average molecular weight is 396 g/mol. The summed E-state index contributed by atoms with van der Waals surface area (Å²) in [6, 6.07) is 7.58. The summed E-state index contributed by atoms with van der Waals surface area (Å²) in [6.07, 6.45) is 0.893. The van der Waals surface area contributed by atoms with Crippen molar-refractivity contribution in [2.45, 2.75) is 31.0 Å². The van der Waals surface area contributed by atoms with Crippen LogP contribution in [0, 0.1) is 0 Å². The van der Waals surface area contributed by atoms with Crippen LogP contribution in [0.15, 0.2) is 41.1 Å². The van der Waals surface area contributed by atoms with Gasteiger partial charge in [-0.2, -0.15) is 13.2 Å². The van der Waals surface area contributed by atoms with Crippen molar-refractivity contribution in [2.24, 2.45) is 0 Å². The Kier molecular flexibility index (Phi) is 4.26. The van der Waals surface area contributed by atoms with Crippen LogP contribution in [0.1, 0.15) is 30.7 Å². The van der Waals surface area contributed by atoms with E-state index < -0.39 is 12.1 Å². The Hall–Kier alpha value is -2.68. The predicted molar refractivity (Wildman–Crippen MR) is 90.9 cm³/mol. The summed E-state index contributed by atoms with van der Waals surface area (Å²) in [5.74, 6) is -1.33. The fourth-order valence-corrected chi connectivity index (χ4v) is 3.08. The summed E-state index contributed by atoms with van der Waals surface area (Å²) >= 11 is 5.95. The highest BCUT2D eigenvalue weighted by Gasteiger charge is 2.40. The molecule has 10 heteroatoms. The molecule has 0 saturated heterocycles. The highest BCUT2D eigenvalue weighted by atomic mass is 35.5. The standard InChI is InChI=1S/C17H13ClF3N5O/c18-12-4-2-11(3-5-12)16(6-1-7-16)24-15-22-8-10(9-23-15)13-25-26-14(27-13)17(19,20)21/h2-5,8-9H,1,6-7H2,(H,22,23,24). The molecular formula is C17H13ClF3N5O. The van der Waals surface area contributed by atoms with E-state index in [1.807, 2.05) is 24.3 Å². The van der Waals surface area contributed by atoms with Gasteiger partial charge in [0.1, 0.15) is 0 Å². The van der Waals surface area contributed by atoms with Crippen LogP contribution in [0.3, 0.4) is 0 Å². The van der Waals surface area contributed by atoms with Crippen LogP contribution in [-0.2, 0) is 11.7 Å². The summed E-state index contributed by atoms with van der Waals surface area (Å²) < 4.78 is 42.3. The van der Waals surface area contributed by atoms with Gasteiger partial charge in [0.25, 0.3) is 5.89 Å². The van der Waals surface area contributed by atoms with Crippen LogP contribution in [0.2, 0.25) is 5.02 Å². The van der Waals surface area contributed by atoms with E-state index in [4.69, 9.17) is 11.6 Å². The number of benzene rings is 1. The van der Waals surface area contributed by atoms with E-state index in [1.165, 1.54) is 12.4 Å². The molecule has 3 aromatic rings. The smallest absolute Gasteiger partial charge is 0.413 e. The van der Waals surface area contributed by atoms with Crippen LogP contribution >= 0.6 is 11.6 Å². The number of anilines is 1. The minimum Gasteiger partial charge on any atom is -0.413 e. The molecule has 1 fully saturated rings. The van der Waals surface area contributed by atoms with Gasteiger partial charge in [-0.05, 0) is 37.0 Å². The number of rotatable bonds is 4. The molecule has 1 saturated carbocycles. The zero-order valence-electron chi connectivity index (χ0n) is 13.8. The summed E-state index contributed by atoms with van der Waals surface area (Å²) in [5.41, 5.74) is 1.01. The molecule has 1 aromatic carbocycles. The summed E-state index contributed by atoms with van der Waals surface area (Å²) in [6.45, 7) is 0. The molecule has 27 heavy (non-hydrogen) atoms. The van der Waals surface area contributed by atoms with Crippen molar-refractivity contribution >= 4 is 17.5 Å². The average Bonchev–Trinajstić information content (AvgIpc) is 3.10. The van der Waals surface area contributed by atoms with E-state index in [2.05, 4.69) is 29.9 Å². The van der Waals surface area contributed by atoms with Gasteiger partial charge in [-0.3, -0.25) is 0 Å². The van der Waals surface area contributed by atoms with Gasteiger partial charge in [-0.15, -0.1) is 10.2 Å². The zero-order chi connectivity index (χ0) is 19.1. The molecule has 1 N–H and O–H groups in total. The predicted octanol–water partition coefficient (Wildman–Crippen LogP) is 4.69. The normalized spacial score (nSPS) is 16.0. The van der Waals surface area contributed by atoms with Crippen molar-refractivity contribution in [3.63, 3.8) is 0 Å². The lowest BCUT2D eigenvalue weighted by Gasteiger charge is -2.43. The van der Waals surface area contributed by atoms with Crippen molar-refractivity contribution < 1.29 is 17.6 Å². The minimum atomic E-state index is -4.69. The number of nitrogens with zero attached hydrogens (tertiary/aromatic N) is 4. The highest BCUT2D eigenvalue weighted by Crippen LogP contribution is 2.43. The van der Waals surface area contributed by atoms with Gasteiger partial charge < -0.3 is 9.73 Å². The Balaban J connectivity index is 1.54. The molecule has 2 aromatic heterocycles. The molecule has 140 valence electrons. The second-order valence-electron chi connectivity index (χ2n) is 6.27. The lowest BCUT2D eigenvalue weighted by atomic mass is 9.72. The van der Waals surface area contributed by atoms with Crippen LogP contribution in [0.25, 0.3) is 11.5 Å². The molecule has 0 atom stereocenters. The van der Waals surface area contributed by atoms with Gasteiger partial charge in [0, 0.05) is 17.4 Å². The van der Waals surface area contributed by atoms with Crippen LogP contribution < -0.4 is 5.32 Å². The molecule has 0 unspecified atom stereocenters. The van der Waals surface area contributed by atoms with Gasteiger partial charge in [0.15, 0.2) is 0 Å². The number of nitrogens with one attached hydrogen (secondary N) is 1. The summed E-state index contributed by atoms with van der Waals surface area (Å²) in [4.78, 5) is 8.36. The van der Waals surface area contributed by atoms with Gasteiger partial charge in [-0.25, -0.2) is 9.97 Å². The van der Waals surface area contributed by atoms with Gasteiger partial charge >= 0.3 is 12.1 Å². The Bertz CT molecular complexity index is 936. The zero-order valence-corrected chi connectivity index (χ0v) is 14.6. The van der Waals surface area contributed by atoms with E-state index in [1.54, 1.807) is 0 Å². The highest BCUT2D eigenvalue weighted by molar-refractivity contribution is 6.30. The van der Waals surface area contributed by atoms with Crippen LogP contribution in [0.4, 0.5) is 19.1 Å². The van der Waals surface area contributed by atoms with Crippen molar-refractivity contribution in [3.8, 4) is 11.5 Å². The Morgan fingerprint density at radius 1 is 1.04 bits per heavy atom. The second kappa shape index (κ2) is 6.49. The summed E-state index contributed by atoms with van der Waals surface area (Å²) in [7, 11) is 0.